The van der Waals surface area contributed by atoms with Crippen molar-refractivity contribution in [3.05, 3.63) is 23.9 Å². The molecule has 1 aromatic heterocycles. The Kier molecular flexibility index (Phi) is 4.40. The first-order valence-electron chi connectivity index (χ1n) is 7.05. The fourth-order valence-corrected chi connectivity index (χ4v) is 2.96. The highest BCUT2D eigenvalue weighted by Gasteiger charge is 2.27. The van der Waals surface area contributed by atoms with Crippen LogP contribution in [0.4, 0.5) is 5.82 Å². The molecule has 1 fully saturated rings. The van der Waals surface area contributed by atoms with Gasteiger partial charge in [0.05, 0.1) is 0 Å². The average Bonchev–Trinajstić information content (AvgIpc) is 2.39. The topological polar surface area (TPSA) is 62.2 Å². The van der Waals surface area contributed by atoms with Crippen LogP contribution < -0.4 is 5.32 Å². The SMILES string of the molecule is CC(C)C1CCCCC1Nc1cccc(C(=O)O)n1. The van der Waals surface area contributed by atoms with Crippen molar-refractivity contribution >= 4 is 11.8 Å². The fraction of sp³-hybridized carbons (Fsp3) is 0.600. The van der Waals surface area contributed by atoms with E-state index in [1.54, 1.807) is 6.07 Å². The number of rotatable bonds is 4. The number of hydrogen-bond donors (Lipinski definition) is 2. The van der Waals surface area contributed by atoms with Crippen LogP contribution in [0.25, 0.3) is 0 Å². The summed E-state index contributed by atoms with van der Waals surface area (Å²) in [6, 6.07) is 5.52. The Morgan fingerprint density at radius 2 is 2.11 bits per heavy atom. The van der Waals surface area contributed by atoms with Gasteiger partial charge in [0.2, 0.25) is 0 Å². The molecule has 2 unspecified atom stereocenters. The van der Waals surface area contributed by atoms with Gasteiger partial charge in [-0.2, -0.15) is 0 Å². The Morgan fingerprint density at radius 3 is 2.79 bits per heavy atom. The molecule has 0 bridgehead atoms. The molecule has 2 rings (SSSR count). The van der Waals surface area contributed by atoms with Crippen LogP contribution in [0, 0.1) is 11.8 Å². The van der Waals surface area contributed by atoms with E-state index in [4.69, 9.17) is 5.11 Å². The van der Waals surface area contributed by atoms with Crippen LogP contribution in [-0.4, -0.2) is 22.1 Å². The number of aromatic nitrogens is 1. The summed E-state index contributed by atoms with van der Waals surface area (Å²) in [7, 11) is 0. The molecular weight excluding hydrogens is 240 g/mol. The molecule has 4 nitrogen and oxygen atoms in total. The maximum atomic E-state index is 10.9. The molecule has 0 aliphatic heterocycles. The number of pyridine rings is 1. The number of hydrogen-bond acceptors (Lipinski definition) is 3. The number of carboxylic acid groups (broad SMARTS) is 1. The zero-order chi connectivity index (χ0) is 13.8. The van der Waals surface area contributed by atoms with Crippen molar-refractivity contribution in [2.24, 2.45) is 11.8 Å². The van der Waals surface area contributed by atoms with Crippen LogP contribution in [0.2, 0.25) is 0 Å². The van der Waals surface area contributed by atoms with Gasteiger partial charge in [0.15, 0.2) is 5.69 Å². The van der Waals surface area contributed by atoms with Gasteiger partial charge in [-0.15, -0.1) is 0 Å². The summed E-state index contributed by atoms with van der Waals surface area (Å²) >= 11 is 0. The van der Waals surface area contributed by atoms with E-state index in [0.29, 0.717) is 23.7 Å². The first-order valence-corrected chi connectivity index (χ1v) is 7.05. The van der Waals surface area contributed by atoms with E-state index in [9.17, 15) is 4.79 Å². The lowest BCUT2D eigenvalue weighted by Gasteiger charge is -2.35. The molecular formula is C15H22N2O2. The van der Waals surface area contributed by atoms with Crippen molar-refractivity contribution in [1.82, 2.24) is 4.98 Å². The molecule has 0 spiro atoms. The van der Waals surface area contributed by atoms with E-state index >= 15 is 0 Å². The van der Waals surface area contributed by atoms with Crippen LogP contribution in [0.3, 0.4) is 0 Å². The van der Waals surface area contributed by atoms with Gasteiger partial charge in [0.25, 0.3) is 0 Å². The lowest BCUT2D eigenvalue weighted by atomic mass is 9.78. The number of nitrogens with zero attached hydrogens (tertiary/aromatic N) is 1. The molecule has 1 heterocycles. The van der Waals surface area contributed by atoms with Crippen molar-refractivity contribution in [3.63, 3.8) is 0 Å². The van der Waals surface area contributed by atoms with E-state index in [1.165, 1.54) is 25.3 Å². The first kappa shape index (κ1) is 13.8. The van der Waals surface area contributed by atoms with Crippen LogP contribution >= 0.6 is 0 Å². The largest absolute Gasteiger partial charge is 0.477 e. The van der Waals surface area contributed by atoms with Gasteiger partial charge in [-0.3, -0.25) is 0 Å². The van der Waals surface area contributed by atoms with Gasteiger partial charge in [-0.05, 0) is 36.8 Å². The predicted octanol–water partition coefficient (Wildman–Crippen LogP) is 3.41. The standard InChI is InChI=1S/C15H22N2O2/c1-10(2)11-6-3-4-7-12(11)16-14-9-5-8-13(17-14)15(18)19/h5,8-12H,3-4,6-7H2,1-2H3,(H,16,17)(H,18,19). The number of nitrogens with one attached hydrogen (secondary N) is 1. The van der Waals surface area contributed by atoms with Crippen molar-refractivity contribution in [1.29, 1.82) is 0 Å². The lowest BCUT2D eigenvalue weighted by molar-refractivity contribution is 0.0690. The van der Waals surface area contributed by atoms with Crippen LogP contribution in [0.15, 0.2) is 18.2 Å². The Hall–Kier alpha value is -1.58. The Balaban J connectivity index is 2.10. The van der Waals surface area contributed by atoms with Crippen molar-refractivity contribution in [3.8, 4) is 0 Å². The third kappa shape index (κ3) is 3.46. The summed E-state index contributed by atoms with van der Waals surface area (Å²) < 4.78 is 0. The maximum Gasteiger partial charge on any atom is 0.354 e. The zero-order valence-electron chi connectivity index (χ0n) is 11.6. The number of aromatic carboxylic acids is 1. The fourth-order valence-electron chi connectivity index (χ4n) is 2.96. The summed E-state index contributed by atoms with van der Waals surface area (Å²) in [5, 5.41) is 12.4. The lowest BCUT2D eigenvalue weighted by Crippen LogP contribution is -2.35. The maximum absolute atomic E-state index is 10.9. The monoisotopic (exact) mass is 262 g/mol. The number of carbonyl (C=O) groups is 1. The van der Waals surface area contributed by atoms with E-state index in [2.05, 4.69) is 24.1 Å². The van der Waals surface area contributed by atoms with Gasteiger partial charge in [-0.1, -0.05) is 32.8 Å². The minimum Gasteiger partial charge on any atom is -0.477 e. The Bertz CT molecular complexity index is 446. The molecule has 1 aliphatic rings. The highest BCUT2D eigenvalue weighted by molar-refractivity contribution is 5.85. The molecule has 104 valence electrons. The molecule has 1 aliphatic carbocycles. The Morgan fingerprint density at radius 1 is 1.37 bits per heavy atom. The molecule has 0 aromatic carbocycles. The van der Waals surface area contributed by atoms with Crippen molar-refractivity contribution in [2.75, 3.05) is 5.32 Å². The molecule has 1 saturated carbocycles. The smallest absolute Gasteiger partial charge is 0.354 e. The van der Waals surface area contributed by atoms with Gasteiger partial charge in [0.1, 0.15) is 5.82 Å². The van der Waals surface area contributed by atoms with Crippen LogP contribution in [0.1, 0.15) is 50.0 Å². The summed E-state index contributed by atoms with van der Waals surface area (Å²) in [5.74, 6) is 0.981. The predicted molar refractivity (Wildman–Crippen MR) is 75.4 cm³/mol. The second-order valence-corrected chi connectivity index (χ2v) is 5.66. The highest BCUT2D eigenvalue weighted by atomic mass is 16.4. The normalized spacial score (nSPS) is 23.3. The van der Waals surface area contributed by atoms with Gasteiger partial charge in [-0.25, -0.2) is 9.78 Å². The first-order chi connectivity index (χ1) is 9.08. The van der Waals surface area contributed by atoms with Crippen LogP contribution in [0.5, 0.6) is 0 Å². The molecule has 2 atom stereocenters. The molecule has 0 amide bonds. The molecule has 4 heteroatoms. The van der Waals surface area contributed by atoms with Crippen molar-refractivity contribution < 1.29 is 9.90 Å². The van der Waals surface area contributed by atoms with Crippen LogP contribution in [-0.2, 0) is 0 Å². The zero-order valence-corrected chi connectivity index (χ0v) is 11.6. The summed E-state index contributed by atoms with van der Waals surface area (Å²) in [4.78, 5) is 15.1. The summed E-state index contributed by atoms with van der Waals surface area (Å²) in [5.41, 5.74) is 0.0990. The van der Waals surface area contributed by atoms with Gasteiger partial charge in [0, 0.05) is 6.04 Å². The van der Waals surface area contributed by atoms with E-state index in [1.807, 2.05) is 6.07 Å². The molecule has 19 heavy (non-hydrogen) atoms. The third-order valence-corrected chi connectivity index (χ3v) is 3.98. The van der Waals surface area contributed by atoms with Gasteiger partial charge >= 0.3 is 5.97 Å². The van der Waals surface area contributed by atoms with Gasteiger partial charge < -0.3 is 10.4 Å². The van der Waals surface area contributed by atoms with Crippen molar-refractivity contribution in [2.45, 2.75) is 45.6 Å². The second-order valence-electron chi connectivity index (χ2n) is 5.66. The summed E-state index contributed by atoms with van der Waals surface area (Å²) in [6.45, 7) is 4.51. The summed E-state index contributed by atoms with van der Waals surface area (Å²) in [6.07, 6.45) is 4.92. The molecule has 0 radical (unpaired) electrons. The molecule has 0 saturated heterocycles. The molecule has 2 N–H and O–H groups in total. The second kappa shape index (κ2) is 6.04. The average molecular weight is 262 g/mol. The minimum atomic E-state index is -0.979. The highest BCUT2D eigenvalue weighted by Crippen LogP contribution is 2.31. The Labute approximate surface area is 114 Å². The quantitative estimate of drug-likeness (QED) is 0.873. The third-order valence-electron chi connectivity index (χ3n) is 3.98. The number of carboxylic acids is 1. The van der Waals surface area contributed by atoms with E-state index in [0.717, 1.165) is 6.42 Å². The molecule has 1 aromatic rings. The minimum absolute atomic E-state index is 0.0990. The van der Waals surface area contributed by atoms with E-state index in [-0.39, 0.29) is 5.69 Å². The number of anilines is 1. The van der Waals surface area contributed by atoms with E-state index < -0.39 is 5.97 Å².